The second kappa shape index (κ2) is 10.7. The molecule has 0 aliphatic rings. The number of nitriles is 1. The molecule has 5 aromatic rings. The van der Waals surface area contributed by atoms with Crippen LogP contribution in [0.3, 0.4) is 0 Å². The molecule has 7 heteroatoms. The molecule has 0 spiro atoms. The van der Waals surface area contributed by atoms with Gasteiger partial charge in [-0.1, -0.05) is 30.3 Å². The highest BCUT2D eigenvalue weighted by molar-refractivity contribution is 5.89. The summed E-state index contributed by atoms with van der Waals surface area (Å²) in [6.07, 6.45) is 1.71. The first-order chi connectivity index (χ1) is 18.5. The van der Waals surface area contributed by atoms with Crippen molar-refractivity contribution in [3.63, 3.8) is 0 Å². The molecule has 1 N–H and O–H groups in total. The van der Waals surface area contributed by atoms with Crippen molar-refractivity contribution in [3.05, 3.63) is 126 Å². The number of para-hydroxylation sites is 1. The summed E-state index contributed by atoms with van der Waals surface area (Å²) in [4.78, 5) is 16.2. The molecular formula is C31H23N3O4. The van der Waals surface area contributed by atoms with Crippen LogP contribution in [0.5, 0.6) is 17.2 Å². The van der Waals surface area contributed by atoms with Crippen molar-refractivity contribution in [2.45, 2.75) is 13.5 Å². The lowest BCUT2D eigenvalue weighted by Crippen LogP contribution is -2.03. The molecule has 5 rings (SSSR count). The van der Waals surface area contributed by atoms with Crippen LogP contribution in [0, 0.1) is 18.3 Å². The summed E-state index contributed by atoms with van der Waals surface area (Å²) < 4.78 is 13.8. The van der Waals surface area contributed by atoms with Crippen LogP contribution in [0.1, 0.15) is 27.2 Å². The predicted molar refractivity (Wildman–Crippen MR) is 143 cm³/mol. The summed E-state index contributed by atoms with van der Waals surface area (Å²) in [6.45, 7) is 2.11. The Hall–Kier alpha value is -5.35. The zero-order chi connectivity index (χ0) is 26.5. The molecule has 0 amide bonds. The summed E-state index contributed by atoms with van der Waals surface area (Å²) in [5, 5.41) is 18.3. The van der Waals surface area contributed by atoms with Gasteiger partial charge in [0.15, 0.2) is 0 Å². The van der Waals surface area contributed by atoms with Gasteiger partial charge in [0.25, 0.3) is 0 Å². The van der Waals surface area contributed by atoms with E-state index in [1.165, 1.54) is 0 Å². The van der Waals surface area contributed by atoms with Gasteiger partial charge < -0.3 is 19.1 Å². The van der Waals surface area contributed by atoms with Crippen LogP contribution in [-0.4, -0.2) is 20.6 Å². The van der Waals surface area contributed by atoms with E-state index >= 15 is 0 Å². The highest BCUT2D eigenvalue weighted by Crippen LogP contribution is 2.30. The fourth-order valence-electron chi connectivity index (χ4n) is 4.05. The van der Waals surface area contributed by atoms with E-state index in [4.69, 9.17) is 19.7 Å². The highest BCUT2D eigenvalue weighted by atomic mass is 16.5. The lowest BCUT2D eigenvalue weighted by atomic mass is 10.1. The maximum Gasteiger partial charge on any atom is 0.337 e. The molecule has 2 heterocycles. The Balaban J connectivity index is 1.31. The number of pyridine rings is 1. The van der Waals surface area contributed by atoms with E-state index in [1.807, 2.05) is 66.7 Å². The lowest BCUT2D eigenvalue weighted by Gasteiger charge is -2.13. The van der Waals surface area contributed by atoms with Crippen LogP contribution < -0.4 is 9.47 Å². The Morgan fingerprint density at radius 1 is 0.921 bits per heavy atom. The number of benzene rings is 3. The Morgan fingerprint density at radius 2 is 1.63 bits per heavy atom. The largest absolute Gasteiger partial charge is 0.488 e. The molecule has 2 aromatic heterocycles. The van der Waals surface area contributed by atoms with Crippen molar-refractivity contribution < 1.29 is 19.4 Å². The third-order valence-corrected chi connectivity index (χ3v) is 6.05. The van der Waals surface area contributed by atoms with Crippen LogP contribution in [0.2, 0.25) is 0 Å². The summed E-state index contributed by atoms with van der Waals surface area (Å²) >= 11 is 0. The number of rotatable bonds is 8. The topological polar surface area (TPSA) is 97.4 Å². The number of ether oxygens (including phenoxy) is 2. The maximum atomic E-state index is 11.4. The van der Waals surface area contributed by atoms with Gasteiger partial charge in [-0.15, -0.1) is 0 Å². The van der Waals surface area contributed by atoms with Gasteiger partial charge in [0.05, 0.1) is 22.9 Å². The molecule has 0 atom stereocenters. The van der Waals surface area contributed by atoms with Crippen molar-refractivity contribution in [3.8, 4) is 40.4 Å². The van der Waals surface area contributed by atoms with Crippen molar-refractivity contribution >= 4 is 5.97 Å². The molecule has 0 radical (unpaired) electrons. The van der Waals surface area contributed by atoms with E-state index in [1.54, 1.807) is 48.0 Å². The molecule has 186 valence electrons. The minimum Gasteiger partial charge on any atom is -0.488 e. The van der Waals surface area contributed by atoms with Crippen molar-refractivity contribution in [1.82, 2.24) is 9.55 Å². The number of aromatic nitrogens is 2. The van der Waals surface area contributed by atoms with Gasteiger partial charge in [-0.25, -0.2) is 9.78 Å². The third-order valence-electron chi connectivity index (χ3n) is 6.05. The van der Waals surface area contributed by atoms with Gasteiger partial charge in [0.2, 0.25) is 0 Å². The van der Waals surface area contributed by atoms with E-state index in [0.29, 0.717) is 46.6 Å². The van der Waals surface area contributed by atoms with Gasteiger partial charge in [0.1, 0.15) is 29.7 Å². The minimum atomic E-state index is -0.968. The number of carboxylic acid groups (broad SMARTS) is 1. The number of nitrogens with zero attached hydrogens (tertiary/aromatic N) is 3. The molecule has 0 unspecified atom stereocenters. The molecule has 0 aliphatic heterocycles. The number of carboxylic acids is 1. The standard InChI is InChI=1S/C31H23N3O4/c1-21-26(31(35)36)17-18-34(21)30-8-4-6-28(33-30)27-5-2-3-7-29(27)37-20-23-11-15-25(16-12-23)38-24-13-9-22(19-32)10-14-24/h2-18H,20H2,1H3,(H,35,36). The highest BCUT2D eigenvalue weighted by Gasteiger charge is 2.14. The molecule has 0 bridgehead atoms. The van der Waals surface area contributed by atoms with E-state index in [0.717, 1.165) is 11.1 Å². The van der Waals surface area contributed by atoms with E-state index in [-0.39, 0.29) is 5.56 Å². The average molecular weight is 502 g/mol. The molecule has 0 saturated heterocycles. The normalized spacial score (nSPS) is 10.5. The smallest absolute Gasteiger partial charge is 0.337 e. The monoisotopic (exact) mass is 501 g/mol. The maximum absolute atomic E-state index is 11.4. The van der Waals surface area contributed by atoms with Crippen LogP contribution in [0.15, 0.2) is 103 Å². The number of carbonyl (C=O) groups is 1. The second-order valence-corrected chi connectivity index (χ2v) is 8.54. The second-order valence-electron chi connectivity index (χ2n) is 8.54. The zero-order valence-electron chi connectivity index (χ0n) is 20.5. The Kier molecular flexibility index (Phi) is 6.87. The fraction of sp³-hybridized carbons (Fsp3) is 0.0645. The predicted octanol–water partition coefficient (Wildman–Crippen LogP) is 6.79. The quantitative estimate of drug-likeness (QED) is 0.251. The minimum absolute atomic E-state index is 0.245. The zero-order valence-corrected chi connectivity index (χ0v) is 20.5. The number of hydrogen-bond acceptors (Lipinski definition) is 5. The summed E-state index contributed by atoms with van der Waals surface area (Å²) in [5.41, 5.74) is 3.96. The Bertz CT molecular complexity index is 1630. The summed E-state index contributed by atoms with van der Waals surface area (Å²) in [7, 11) is 0. The van der Waals surface area contributed by atoms with Crippen LogP contribution in [0.4, 0.5) is 0 Å². The molecule has 3 aromatic carbocycles. The molecule has 0 fully saturated rings. The Morgan fingerprint density at radius 3 is 2.32 bits per heavy atom. The van der Waals surface area contributed by atoms with Gasteiger partial charge in [0, 0.05) is 17.5 Å². The van der Waals surface area contributed by atoms with Crippen molar-refractivity contribution in [1.29, 1.82) is 5.26 Å². The molecule has 7 nitrogen and oxygen atoms in total. The molecule has 0 aliphatic carbocycles. The van der Waals surface area contributed by atoms with E-state index in [2.05, 4.69) is 6.07 Å². The van der Waals surface area contributed by atoms with E-state index in [9.17, 15) is 9.90 Å². The van der Waals surface area contributed by atoms with Crippen molar-refractivity contribution in [2.24, 2.45) is 0 Å². The Labute approximate surface area is 219 Å². The van der Waals surface area contributed by atoms with Gasteiger partial charge >= 0.3 is 5.97 Å². The van der Waals surface area contributed by atoms with Crippen LogP contribution in [0.25, 0.3) is 17.1 Å². The molecule has 38 heavy (non-hydrogen) atoms. The molecular weight excluding hydrogens is 478 g/mol. The van der Waals surface area contributed by atoms with E-state index < -0.39 is 5.97 Å². The third kappa shape index (κ3) is 5.25. The van der Waals surface area contributed by atoms with Gasteiger partial charge in [-0.2, -0.15) is 5.26 Å². The number of hydrogen-bond donors (Lipinski definition) is 1. The van der Waals surface area contributed by atoms with Crippen LogP contribution in [-0.2, 0) is 6.61 Å². The first-order valence-electron chi connectivity index (χ1n) is 11.9. The van der Waals surface area contributed by atoms with Gasteiger partial charge in [-0.05, 0) is 79.2 Å². The summed E-state index contributed by atoms with van der Waals surface area (Å²) in [6, 6.07) is 31.6. The first-order valence-corrected chi connectivity index (χ1v) is 11.9. The van der Waals surface area contributed by atoms with Crippen molar-refractivity contribution in [2.75, 3.05) is 0 Å². The van der Waals surface area contributed by atoms with Gasteiger partial charge in [-0.3, -0.25) is 0 Å². The number of aromatic carboxylic acids is 1. The van der Waals surface area contributed by atoms with Crippen LogP contribution >= 0.6 is 0 Å². The fourth-order valence-corrected chi connectivity index (χ4v) is 4.05. The lowest BCUT2D eigenvalue weighted by molar-refractivity contribution is 0.0696. The SMILES string of the molecule is Cc1c(C(=O)O)ccn1-c1cccc(-c2ccccc2OCc2ccc(Oc3ccc(C#N)cc3)cc2)n1. The average Bonchev–Trinajstić information content (AvgIpc) is 3.35. The first kappa shape index (κ1) is 24.3. The molecule has 0 saturated carbocycles. The summed E-state index contributed by atoms with van der Waals surface area (Å²) in [5.74, 6) is 1.69.